The van der Waals surface area contributed by atoms with Crippen molar-refractivity contribution in [3.05, 3.63) is 28.2 Å². The zero-order chi connectivity index (χ0) is 12.0. The number of nitrogens with one attached hydrogen (secondary N) is 1. The summed E-state index contributed by atoms with van der Waals surface area (Å²) >= 11 is 3.29. The first kappa shape index (κ1) is 13.1. The maximum Gasteiger partial charge on any atom is 0.134 e. The molecule has 0 saturated carbocycles. The molecule has 0 bridgehead atoms. The third-order valence-electron chi connectivity index (χ3n) is 2.51. The second-order valence-electron chi connectivity index (χ2n) is 3.64. The Morgan fingerprint density at radius 3 is 2.94 bits per heavy atom. The molecular formula is C13H16BrNO. The van der Waals surface area contributed by atoms with Crippen LogP contribution >= 0.6 is 15.9 Å². The van der Waals surface area contributed by atoms with Gasteiger partial charge >= 0.3 is 0 Å². The van der Waals surface area contributed by atoms with E-state index in [0.717, 1.165) is 16.5 Å². The molecule has 1 atom stereocenters. The predicted molar refractivity (Wildman–Crippen MR) is 70.2 cm³/mol. The van der Waals surface area contributed by atoms with E-state index in [1.807, 2.05) is 18.2 Å². The summed E-state index contributed by atoms with van der Waals surface area (Å²) < 4.78 is 0.719. The van der Waals surface area contributed by atoms with Gasteiger partial charge < -0.3 is 10.4 Å². The maximum atomic E-state index is 9.79. The van der Waals surface area contributed by atoms with Gasteiger partial charge in [-0.1, -0.05) is 19.1 Å². The third-order valence-corrected chi connectivity index (χ3v) is 3.15. The Bertz CT molecular complexity index is 384. The zero-order valence-corrected chi connectivity index (χ0v) is 10.9. The Kier molecular flexibility index (Phi) is 5.37. The van der Waals surface area contributed by atoms with E-state index in [1.165, 1.54) is 0 Å². The highest BCUT2D eigenvalue weighted by Crippen LogP contribution is 2.27. The maximum absolute atomic E-state index is 9.79. The largest absolute Gasteiger partial charge is 0.506 e. The molecule has 0 aliphatic rings. The number of terminal acetylenes is 1. The van der Waals surface area contributed by atoms with Gasteiger partial charge in [0.1, 0.15) is 5.75 Å². The van der Waals surface area contributed by atoms with Crippen LogP contribution in [0.3, 0.4) is 0 Å². The minimum Gasteiger partial charge on any atom is -0.506 e. The lowest BCUT2D eigenvalue weighted by atomic mass is 10.1. The fourth-order valence-electron chi connectivity index (χ4n) is 1.46. The number of phenols is 1. The van der Waals surface area contributed by atoms with Gasteiger partial charge in [-0.15, -0.1) is 12.3 Å². The molecular weight excluding hydrogens is 266 g/mol. The van der Waals surface area contributed by atoms with Crippen LogP contribution in [0.1, 0.15) is 25.3 Å². The predicted octanol–water partition coefficient (Wildman–Crippen LogP) is 3.05. The highest BCUT2D eigenvalue weighted by molar-refractivity contribution is 9.10. The van der Waals surface area contributed by atoms with Crippen molar-refractivity contribution in [3.8, 4) is 18.1 Å². The smallest absolute Gasteiger partial charge is 0.134 e. The van der Waals surface area contributed by atoms with Gasteiger partial charge in [0, 0.05) is 24.6 Å². The SMILES string of the molecule is C#CCC(CC)NCc1cccc(Br)c1O. The standard InChI is InChI=1S/C13H16BrNO/c1-3-6-11(4-2)15-9-10-7-5-8-12(14)13(10)16/h1,5,7-8,11,15-16H,4,6,9H2,2H3. The van der Waals surface area contributed by atoms with Crippen LogP contribution in [-0.2, 0) is 6.54 Å². The molecule has 0 amide bonds. The molecule has 0 spiro atoms. The number of halogens is 1. The minimum atomic E-state index is 0.297. The van der Waals surface area contributed by atoms with Gasteiger partial charge in [0.25, 0.3) is 0 Å². The highest BCUT2D eigenvalue weighted by Gasteiger charge is 2.07. The lowest BCUT2D eigenvalue weighted by Crippen LogP contribution is -2.27. The molecule has 0 aliphatic heterocycles. The van der Waals surface area contributed by atoms with Crippen molar-refractivity contribution in [1.82, 2.24) is 5.32 Å². The van der Waals surface area contributed by atoms with Gasteiger partial charge in [-0.25, -0.2) is 0 Å². The Morgan fingerprint density at radius 1 is 1.56 bits per heavy atom. The number of hydrogen-bond donors (Lipinski definition) is 2. The van der Waals surface area contributed by atoms with Crippen LogP contribution in [0.2, 0.25) is 0 Å². The van der Waals surface area contributed by atoms with Gasteiger partial charge in [0.05, 0.1) is 4.47 Å². The molecule has 0 aromatic heterocycles. The van der Waals surface area contributed by atoms with E-state index < -0.39 is 0 Å². The van der Waals surface area contributed by atoms with Crippen LogP contribution in [0.25, 0.3) is 0 Å². The summed E-state index contributed by atoms with van der Waals surface area (Å²) in [7, 11) is 0. The van der Waals surface area contributed by atoms with E-state index in [4.69, 9.17) is 6.42 Å². The summed E-state index contributed by atoms with van der Waals surface area (Å²) in [5, 5.41) is 13.1. The molecule has 3 heteroatoms. The van der Waals surface area contributed by atoms with Crippen LogP contribution in [-0.4, -0.2) is 11.1 Å². The van der Waals surface area contributed by atoms with Gasteiger partial charge in [-0.2, -0.15) is 0 Å². The van der Waals surface area contributed by atoms with Crippen molar-refractivity contribution in [3.63, 3.8) is 0 Å². The zero-order valence-electron chi connectivity index (χ0n) is 9.33. The third kappa shape index (κ3) is 3.55. The second-order valence-corrected chi connectivity index (χ2v) is 4.50. The van der Waals surface area contributed by atoms with E-state index >= 15 is 0 Å². The first-order valence-corrected chi connectivity index (χ1v) is 6.11. The van der Waals surface area contributed by atoms with Gasteiger partial charge in [-0.05, 0) is 28.4 Å². The minimum absolute atomic E-state index is 0.297. The van der Waals surface area contributed by atoms with Crippen molar-refractivity contribution < 1.29 is 5.11 Å². The molecule has 0 heterocycles. The fourth-order valence-corrected chi connectivity index (χ4v) is 1.87. The molecule has 1 rings (SSSR count). The average molecular weight is 282 g/mol. The molecule has 16 heavy (non-hydrogen) atoms. The highest BCUT2D eigenvalue weighted by atomic mass is 79.9. The molecule has 1 aromatic rings. The van der Waals surface area contributed by atoms with Crippen LogP contribution in [0.4, 0.5) is 0 Å². The van der Waals surface area contributed by atoms with Gasteiger partial charge in [0.15, 0.2) is 0 Å². The molecule has 0 saturated heterocycles. The fraction of sp³-hybridized carbons (Fsp3) is 0.385. The van der Waals surface area contributed by atoms with Crippen molar-refractivity contribution in [2.75, 3.05) is 0 Å². The van der Waals surface area contributed by atoms with Crippen molar-refractivity contribution in [2.24, 2.45) is 0 Å². The number of para-hydroxylation sites is 1. The molecule has 0 radical (unpaired) electrons. The molecule has 86 valence electrons. The molecule has 0 fully saturated rings. The summed E-state index contributed by atoms with van der Waals surface area (Å²) in [6.07, 6.45) is 6.98. The normalized spacial score (nSPS) is 12.1. The number of hydrogen-bond acceptors (Lipinski definition) is 2. The van der Waals surface area contributed by atoms with E-state index in [9.17, 15) is 5.11 Å². The van der Waals surface area contributed by atoms with E-state index in [0.29, 0.717) is 24.8 Å². The molecule has 0 aliphatic carbocycles. The topological polar surface area (TPSA) is 32.3 Å². The number of rotatable bonds is 5. The Balaban J connectivity index is 2.60. The van der Waals surface area contributed by atoms with Crippen molar-refractivity contribution in [1.29, 1.82) is 0 Å². The summed E-state index contributed by atoms with van der Waals surface area (Å²) in [5.41, 5.74) is 0.879. The summed E-state index contributed by atoms with van der Waals surface area (Å²) in [5.74, 6) is 2.94. The van der Waals surface area contributed by atoms with E-state index in [1.54, 1.807) is 0 Å². The van der Waals surface area contributed by atoms with Gasteiger partial charge in [-0.3, -0.25) is 0 Å². The van der Waals surface area contributed by atoms with Crippen LogP contribution in [0, 0.1) is 12.3 Å². The molecule has 2 nitrogen and oxygen atoms in total. The van der Waals surface area contributed by atoms with Crippen molar-refractivity contribution >= 4 is 15.9 Å². The first-order valence-electron chi connectivity index (χ1n) is 5.32. The average Bonchev–Trinajstić information content (AvgIpc) is 2.29. The molecule has 1 aromatic carbocycles. The number of phenolic OH excluding ortho intramolecular Hbond substituents is 1. The Labute approximate surface area is 105 Å². The van der Waals surface area contributed by atoms with Crippen molar-refractivity contribution in [2.45, 2.75) is 32.4 Å². The molecule has 2 N–H and O–H groups in total. The molecule has 1 unspecified atom stereocenters. The Hall–Kier alpha value is -0.980. The second kappa shape index (κ2) is 6.57. The summed E-state index contributed by atoms with van der Waals surface area (Å²) in [4.78, 5) is 0. The van der Waals surface area contributed by atoms with Crippen LogP contribution in [0.5, 0.6) is 5.75 Å². The first-order chi connectivity index (χ1) is 7.69. The quantitative estimate of drug-likeness (QED) is 0.814. The van der Waals surface area contributed by atoms with Crippen LogP contribution < -0.4 is 5.32 Å². The lowest BCUT2D eigenvalue weighted by Gasteiger charge is -2.15. The van der Waals surface area contributed by atoms with Crippen LogP contribution in [0.15, 0.2) is 22.7 Å². The number of benzene rings is 1. The Morgan fingerprint density at radius 2 is 2.31 bits per heavy atom. The lowest BCUT2D eigenvalue weighted by molar-refractivity contribution is 0.450. The van der Waals surface area contributed by atoms with E-state index in [2.05, 4.69) is 34.1 Å². The summed E-state index contributed by atoms with van der Waals surface area (Å²) in [6.45, 7) is 2.72. The monoisotopic (exact) mass is 281 g/mol. The summed E-state index contributed by atoms with van der Waals surface area (Å²) in [6, 6.07) is 5.93. The number of aromatic hydroxyl groups is 1. The van der Waals surface area contributed by atoms with Gasteiger partial charge in [0.2, 0.25) is 0 Å². The van der Waals surface area contributed by atoms with E-state index in [-0.39, 0.29) is 0 Å².